The van der Waals surface area contributed by atoms with Gasteiger partial charge in [0.15, 0.2) is 0 Å². The van der Waals surface area contributed by atoms with E-state index in [2.05, 4.69) is 274 Å². The minimum absolute atomic E-state index is 0.834. The van der Waals surface area contributed by atoms with Crippen LogP contribution in [0.4, 0.5) is 68.2 Å². The Bertz CT molecular complexity index is 3720. The third-order valence-corrected chi connectivity index (χ3v) is 15.8. The van der Waals surface area contributed by atoms with Gasteiger partial charge in [0.1, 0.15) is 0 Å². The van der Waals surface area contributed by atoms with Crippen LogP contribution in [0.3, 0.4) is 0 Å². The molecule has 15 rings (SSSR count). The Morgan fingerprint density at radius 1 is 0.257 bits per heavy atom. The Labute approximate surface area is 432 Å². The average Bonchev–Trinajstić information content (AvgIpc) is 3.49. The van der Waals surface area contributed by atoms with Crippen LogP contribution < -0.4 is 19.6 Å². The molecule has 0 saturated heterocycles. The molecule has 74 heavy (non-hydrogen) atoms. The summed E-state index contributed by atoms with van der Waals surface area (Å²) >= 11 is 0. The molecule has 4 aliphatic rings. The van der Waals surface area contributed by atoms with Crippen molar-refractivity contribution >= 4 is 68.2 Å². The molecule has 0 N–H and O–H groups in total. The highest BCUT2D eigenvalue weighted by molar-refractivity contribution is 6.00. The van der Waals surface area contributed by atoms with Gasteiger partial charge in [-0.2, -0.15) is 0 Å². The van der Waals surface area contributed by atoms with Gasteiger partial charge in [0.25, 0.3) is 0 Å². The highest BCUT2D eigenvalue weighted by Gasteiger charge is 2.39. The fraction of sp³-hybridized carbons (Fsp3) is 0.0571. The predicted molar refractivity (Wildman–Crippen MR) is 307 cm³/mol. The zero-order valence-electron chi connectivity index (χ0n) is 40.9. The second-order valence-electron chi connectivity index (χ2n) is 20.0. The Morgan fingerprint density at radius 2 is 0.622 bits per heavy atom. The van der Waals surface area contributed by atoms with Crippen LogP contribution in [0, 0.1) is 0 Å². The number of para-hydroxylation sites is 6. The molecule has 0 aliphatic carbocycles. The first-order valence-electron chi connectivity index (χ1n) is 25.9. The van der Waals surface area contributed by atoms with E-state index in [1.165, 1.54) is 112 Å². The Hall–Kier alpha value is -9.38. The minimum Gasteiger partial charge on any atom is -0.310 e. The van der Waals surface area contributed by atoms with E-state index in [0.29, 0.717) is 0 Å². The van der Waals surface area contributed by atoms with Crippen molar-refractivity contribution in [2.75, 3.05) is 19.6 Å². The molecule has 4 nitrogen and oxygen atoms in total. The summed E-state index contributed by atoms with van der Waals surface area (Å²) < 4.78 is 0. The molecule has 350 valence electrons. The Kier molecular flexibility index (Phi) is 9.80. The van der Waals surface area contributed by atoms with Crippen LogP contribution >= 0.6 is 0 Å². The molecule has 4 aliphatic heterocycles. The number of hydrogen-bond acceptors (Lipinski definition) is 4. The van der Waals surface area contributed by atoms with Gasteiger partial charge in [-0.25, -0.2) is 0 Å². The van der Waals surface area contributed by atoms with Crippen LogP contribution in [-0.4, -0.2) is 0 Å². The van der Waals surface area contributed by atoms with Crippen LogP contribution in [0.2, 0.25) is 0 Å². The molecule has 11 aromatic carbocycles. The highest BCUT2D eigenvalue weighted by atomic mass is 15.2. The molecule has 0 radical (unpaired) electrons. The number of fused-ring (bicyclic) bond motifs is 8. The molecule has 0 atom stereocenters. The van der Waals surface area contributed by atoms with E-state index < -0.39 is 0 Å². The topological polar surface area (TPSA) is 13.0 Å². The number of rotatable bonds is 8. The van der Waals surface area contributed by atoms with Gasteiger partial charge in [-0.3, -0.25) is 0 Å². The molecule has 0 unspecified atom stereocenters. The van der Waals surface area contributed by atoms with Crippen molar-refractivity contribution in [2.24, 2.45) is 0 Å². The maximum absolute atomic E-state index is 2.62. The number of anilines is 12. The lowest BCUT2D eigenvalue weighted by Gasteiger charge is -2.44. The van der Waals surface area contributed by atoms with E-state index >= 15 is 0 Å². The summed E-state index contributed by atoms with van der Waals surface area (Å²) in [7, 11) is 0. The van der Waals surface area contributed by atoms with Gasteiger partial charge in [-0.15, -0.1) is 0 Å². The van der Waals surface area contributed by atoms with E-state index in [4.69, 9.17) is 0 Å². The van der Waals surface area contributed by atoms with E-state index in [1.807, 2.05) is 0 Å². The van der Waals surface area contributed by atoms with Crippen molar-refractivity contribution in [1.82, 2.24) is 0 Å². The summed E-state index contributed by atoms with van der Waals surface area (Å²) in [6.45, 7) is 0. The number of nitrogens with zero attached hydrogens (tertiary/aromatic N) is 4. The number of hydrogen-bond donors (Lipinski definition) is 0. The van der Waals surface area contributed by atoms with Crippen LogP contribution in [0.5, 0.6) is 0 Å². The first-order valence-corrected chi connectivity index (χ1v) is 25.9. The van der Waals surface area contributed by atoms with Crippen LogP contribution in [0.25, 0.3) is 22.3 Å². The lowest BCUT2D eigenvalue weighted by atomic mass is 9.81. The first-order chi connectivity index (χ1) is 36.7. The third kappa shape index (κ3) is 6.68. The lowest BCUT2D eigenvalue weighted by Crippen LogP contribution is -2.29. The molecule has 0 aromatic heterocycles. The molecular formula is C70H50N4. The van der Waals surface area contributed by atoms with Crippen molar-refractivity contribution in [3.8, 4) is 22.3 Å². The third-order valence-electron chi connectivity index (χ3n) is 15.8. The summed E-state index contributed by atoms with van der Waals surface area (Å²) in [5.74, 6) is 0. The van der Waals surface area contributed by atoms with Crippen molar-refractivity contribution in [3.63, 3.8) is 0 Å². The predicted octanol–water partition coefficient (Wildman–Crippen LogP) is 18.5. The molecule has 0 spiro atoms. The highest BCUT2D eigenvalue weighted by Crippen LogP contribution is 2.59. The van der Waals surface area contributed by atoms with Crippen molar-refractivity contribution < 1.29 is 0 Å². The molecule has 0 saturated carbocycles. The second-order valence-corrected chi connectivity index (χ2v) is 20.0. The van der Waals surface area contributed by atoms with Gasteiger partial charge in [0, 0.05) is 70.7 Å². The Balaban J connectivity index is 0.906. The van der Waals surface area contributed by atoms with E-state index in [-0.39, 0.29) is 0 Å². The van der Waals surface area contributed by atoms with E-state index in [1.54, 1.807) is 0 Å². The molecule has 4 heteroatoms. The zero-order valence-corrected chi connectivity index (χ0v) is 40.9. The van der Waals surface area contributed by atoms with Crippen LogP contribution in [-0.2, 0) is 25.7 Å². The van der Waals surface area contributed by atoms with Crippen molar-refractivity contribution in [3.05, 3.63) is 299 Å². The molecule has 0 amide bonds. The second kappa shape index (κ2) is 17.1. The molecular weight excluding hydrogens is 897 g/mol. The van der Waals surface area contributed by atoms with Gasteiger partial charge in [-0.1, -0.05) is 182 Å². The lowest BCUT2D eigenvalue weighted by molar-refractivity contribution is 0.978. The zero-order chi connectivity index (χ0) is 48.7. The summed E-state index contributed by atoms with van der Waals surface area (Å²) in [6.07, 6.45) is 3.34. The van der Waals surface area contributed by atoms with Crippen molar-refractivity contribution in [1.29, 1.82) is 0 Å². The molecule has 4 heterocycles. The fourth-order valence-corrected chi connectivity index (χ4v) is 12.6. The first kappa shape index (κ1) is 42.3. The van der Waals surface area contributed by atoms with E-state index in [0.717, 1.165) is 48.4 Å². The van der Waals surface area contributed by atoms with Gasteiger partial charge < -0.3 is 19.6 Å². The molecule has 0 bridgehead atoms. The SMILES string of the molecule is c1ccc(-c2ccccc2N(c2ccccc2)c2ccc3c4c2Cc2ccccc2N4c2cc4c(cc2C3)N2c3ccccc3Cc3c(N(c5ccccc5)c5ccccc5-c5ccccc5)ccc(c32)C4)cc1. The van der Waals surface area contributed by atoms with Gasteiger partial charge in [0.05, 0.1) is 45.5 Å². The van der Waals surface area contributed by atoms with Gasteiger partial charge in [0.2, 0.25) is 0 Å². The molecule has 11 aromatic rings. The van der Waals surface area contributed by atoms with Gasteiger partial charge >= 0.3 is 0 Å². The Morgan fingerprint density at radius 3 is 1.05 bits per heavy atom. The summed E-state index contributed by atoms with van der Waals surface area (Å²) in [6, 6.07) is 94.2. The summed E-state index contributed by atoms with van der Waals surface area (Å²) in [5.41, 5.74) is 30.2. The summed E-state index contributed by atoms with van der Waals surface area (Å²) in [4.78, 5) is 10.2. The smallest absolute Gasteiger partial charge is 0.0553 e. The number of benzene rings is 11. The fourth-order valence-electron chi connectivity index (χ4n) is 12.6. The molecule has 0 fully saturated rings. The van der Waals surface area contributed by atoms with E-state index in [9.17, 15) is 0 Å². The minimum atomic E-state index is 0.834. The van der Waals surface area contributed by atoms with Gasteiger partial charge in [-0.05, 0) is 117 Å². The maximum Gasteiger partial charge on any atom is 0.0553 e. The summed E-state index contributed by atoms with van der Waals surface area (Å²) in [5, 5.41) is 0. The standard InChI is InChI=1S/C70H50N4/c1-5-21-47(22-6-1)57-31-15-19-35-63(57)71(55-27-9-3-10-28-55)65-39-37-51-41-53-46-68-54(45-67(53)73-61-33-17-13-25-49(61)43-59(65)69(51)73)42-52-38-40-66(60-44-50-26-14-18-34-62(50)74(68)70(52)60)72(56-29-11-4-12-30-56)64-36-20-16-32-58(64)48-23-7-2-8-24-48/h1-40,45-46H,41-44H2. The quantitative estimate of drug-likeness (QED) is 0.150. The van der Waals surface area contributed by atoms with Crippen molar-refractivity contribution in [2.45, 2.75) is 25.7 Å². The average molecular weight is 947 g/mol. The van der Waals surface area contributed by atoms with Crippen LogP contribution in [0.1, 0.15) is 44.5 Å². The largest absolute Gasteiger partial charge is 0.310 e. The monoisotopic (exact) mass is 946 g/mol. The maximum atomic E-state index is 2.62. The normalized spacial score (nSPS) is 13.1. The van der Waals surface area contributed by atoms with Crippen LogP contribution in [0.15, 0.2) is 255 Å².